The Morgan fingerprint density at radius 3 is 3.06 bits per heavy atom. The van der Waals surface area contributed by atoms with Crippen molar-refractivity contribution in [3.63, 3.8) is 0 Å². The summed E-state index contributed by atoms with van der Waals surface area (Å²) < 4.78 is 0. The zero-order chi connectivity index (χ0) is 12.1. The van der Waals surface area contributed by atoms with Gasteiger partial charge in [-0.05, 0) is 57.6 Å². The number of hydrogen-bond donors (Lipinski definition) is 1. The summed E-state index contributed by atoms with van der Waals surface area (Å²) in [4.78, 5) is 6.99. The fourth-order valence-corrected chi connectivity index (χ4v) is 2.82. The Balaban J connectivity index is 2.13. The van der Waals surface area contributed by atoms with Crippen LogP contribution in [0.15, 0.2) is 24.4 Å². The molecule has 2 rings (SSSR count). The van der Waals surface area contributed by atoms with E-state index in [9.17, 15) is 0 Å². The van der Waals surface area contributed by atoms with E-state index >= 15 is 0 Å². The molecule has 17 heavy (non-hydrogen) atoms. The third-order valence-electron chi connectivity index (χ3n) is 3.65. The van der Waals surface area contributed by atoms with Crippen molar-refractivity contribution < 1.29 is 0 Å². The summed E-state index contributed by atoms with van der Waals surface area (Å²) in [6, 6.07) is 6.72. The molecule has 1 saturated heterocycles. The molecule has 1 aliphatic rings. The lowest BCUT2D eigenvalue weighted by Crippen LogP contribution is -2.40. The lowest BCUT2D eigenvalue weighted by molar-refractivity contribution is 0.116. The lowest BCUT2D eigenvalue weighted by Gasteiger charge is -2.39. The van der Waals surface area contributed by atoms with Gasteiger partial charge in [-0.3, -0.25) is 9.88 Å². The number of aromatic nitrogens is 1. The van der Waals surface area contributed by atoms with Gasteiger partial charge in [-0.25, -0.2) is 0 Å². The van der Waals surface area contributed by atoms with Crippen LogP contribution >= 0.6 is 0 Å². The second-order valence-electron chi connectivity index (χ2n) is 4.89. The minimum atomic E-state index is 0.476. The Labute approximate surface area is 104 Å². The minimum absolute atomic E-state index is 0.476. The van der Waals surface area contributed by atoms with Crippen LogP contribution in [0.25, 0.3) is 0 Å². The predicted molar refractivity (Wildman–Crippen MR) is 70.9 cm³/mol. The van der Waals surface area contributed by atoms with Gasteiger partial charge in [0, 0.05) is 6.20 Å². The molecule has 94 valence electrons. The summed E-state index contributed by atoms with van der Waals surface area (Å²) in [6.45, 7) is 5.50. The molecule has 1 fully saturated rings. The Hall–Kier alpha value is -0.930. The Kier molecular flexibility index (Phi) is 4.51. The summed E-state index contributed by atoms with van der Waals surface area (Å²) >= 11 is 0. The third-order valence-corrected chi connectivity index (χ3v) is 3.65. The largest absolute Gasteiger partial charge is 0.317 e. The molecule has 3 nitrogen and oxygen atoms in total. The second kappa shape index (κ2) is 6.12. The van der Waals surface area contributed by atoms with Crippen molar-refractivity contribution in [3.8, 4) is 0 Å². The van der Waals surface area contributed by atoms with Crippen LogP contribution in [0.2, 0.25) is 0 Å². The van der Waals surface area contributed by atoms with E-state index in [2.05, 4.69) is 41.3 Å². The van der Waals surface area contributed by atoms with Crippen molar-refractivity contribution in [1.29, 1.82) is 0 Å². The van der Waals surface area contributed by atoms with Gasteiger partial charge >= 0.3 is 0 Å². The Bertz CT molecular complexity index is 325. The van der Waals surface area contributed by atoms with Gasteiger partial charge in [-0.15, -0.1) is 0 Å². The van der Waals surface area contributed by atoms with E-state index < -0.39 is 0 Å². The Morgan fingerprint density at radius 2 is 2.35 bits per heavy atom. The first kappa shape index (κ1) is 12.5. The molecule has 2 atom stereocenters. The van der Waals surface area contributed by atoms with Crippen molar-refractivity contribution >= 4 is 0 Å². The molecule has 0 spiro atoms. The van der Waals surface area contributed by atoms with Crippen LogP contribution in [0.5, 0.6) is 0 Å². The highest BCUT2D eigenvalue weighted by atomic mass is 15.2. The maximum absolute atomic E-state index is 4.54. The molecule has 0 amide bonds. The van der Waals surface area contributed by atoms with Crippen LogP contribution in [-0.2, 0) is 0 Å². The fraction of sp³-hybridized carbons (Fsp3) is 0.643. The van der Waals surface area contributed by atoms with Gasteiger partial charge in [-0.1, -0.05) is 13.0 Å². The van der Waals surface area contributed by atoms with E-state index in [-0.39, 0.29) is 0 Å². The van der Waals surface area contributed by atoms with Crippen LogP contribution in [0, 0.1) is 5.92 Å². The maximum Gasteiger partial charge on any atom is 0.0578 e. The quantitative estimate of drug-likeness (QED) is 0.863. The molecule has 1 aromatic heterocycles. The summed E-state index contributed by atoms with van der Waals surface area (Å²) in [5.41, 5.74) is 1.22. The first-order chi connectivity index (χ1) is 8.33. The van der Waals surface area contributed by atoms with Crippen molar-refractivity contribution in [3.05, 3.63) is 30.1 Å². The van der Waals surface area contributed by atoms with Crippen molar-refractivity contribution in [2.24, 2.45) is 5.92 Å². The first-order valence-corrected chi connectivity index (χ1v) is 6.64. The SMILES string of the molecule is CCNCC1CCCN(C)C1c1ccccn1. The molecular formula is C14H23N3. The molecule has 0 aliphatic carbocycles. The minimum Gasteiger partial charge on any atom is -0.317 e. The molecule has 0 aromatic carbocycles. The van der Waals surface area contributed by atoms with Crippen LogP contribution < -0.4 is 5.32 Å². The number of likely N-dealkylation sites (tertiary alicyclic amines) is 1. The van der Waals surface area contributed by atoms with E-state index in [1.165, 1.54) is 25.1 Å². The summed E-state index contributed by atoms with van der Waals surface area (Å²) in [5.74, 6) is 0.684. The molecule has 3 heteroatoms. The highest BCUT2D eigenvalue weighted by Crippen LogP contribution is 2.33. The fourth-order valence-electron chi connectivity index (χ4n) is 2.82. The smallest absolute Gasteiger partial charge is 0.0578 e. The van der Waals surface area contributed by atoms with Crippen molar-refractivity contribution in [2.75, 3.05) is 26.7 Å². The van der Waals surface area contributed by atoms with Gasteiger partial charge in [0.25, 0.3) is 0 Å². The van der Waals surface area contributed by atoms with Gasteiger partial charge in [0.15, 0.2) is 0 Å². The monoisotopic (exact) mass is 233 g/mol. The molecule has 0 bridgehead atoms. The first-order valence-electron chi connectivity index (χ1n) is 6.64. The molecule has 2 heterocycles. The van der Waals surface area contributed by atoms with Gasteiger partial charge in [0.2, 0.25) is 0 Å². The molecule has 1 N–H and O–H groups in total. The van der Waals surface area contributed by atoms with E-state index in [1.54, 1.807) is 0 Å². The summed E-state index contributed by atoms with van der Waals surface area (Å²) in [7, 11) is 2.22. The van der Waals surface area contributed by atoms with Crippen LogP contribution in [-0.4, -0.2) is 36.6 Å². The number of hydrogen-bond acceptors (Lipinski definition) is 3. The summed E-state index contributed by atoms with van der Waals surface area (Å²) in [5, 5.41) is 3.48. The van der Waals surface area contributed by atoms with Gasteiger partial charge in [0.1, 0.15) is 0 Å². The van der Waals surface area contributed by atoms with E-state index in [0.29, 0.717) is 12.0 Å². The van der Waals surface area contributed by atoms with E-state index in [4.69, 9.17) is 0 Å². The zero-order valence-electron chi connectivity index (χ0n) is 10.9. The zero-order valence-corrected chi connectivity index (χ0v) is 10.9. The number of nitrogens with one attached hydrogen (secondary N) is 1. The molecule has 1 aliphatic heterocycles. The van der Waals surface area contributed by atoms with Gasteiger partial charge < -0.3 is 5.32 Å². The van der Waals surface area contributed by atoms with Crippen LogP contribution in [0.1, 0.15) is 31.5 Å². The predicted octanol–water partition coefficient (Wildman–Crippen LogP) is 2.07. The average molecular weight is 233 g/mol. The van der Waals surface area contributed by atoms with E-state index in [0.717, 1.165) is 13.1 Å². The second-order valence-corrected chi connectivity index (χ2v) is 4.89. The number of piperidine rings is 1. The normalized spacial score (nSPS) is 26.0. The van der Waals surface area contributed by atoms with Crippen LogP contribution in [0.3, 0.4) is 0 Å². The third kappa shape index (κ3) is 3.05. The number of pyridine rings is 1. The summed E-state index contributed by atoms with van der Waals surface area (Å²) in [6.07, 6.45) is 4.51. The standard InChI is InChI=1S/C14H23N3/c1-3-15-11-12-7-6-10-17(2)14(12)13-8-4-5-9-16-13/h4-5,8-9,12,14-15H,3,6-7,10-11H2,1-2H3. The molecule has 0 radical (unpaired) electrons. The maximum atomic E-state index is 4.54. The van der Waals surface area contributed by atoms with Gasteiger partial charge in [0.05, 0.1) is 11.7 Å². The van der Waals surface area contributed by atoms with Gasteiger partial charge in [-0.2, -0.15) is 0 Å². The molecule has 1 aromatic rings. The molecule has 0 saturated carbocycles. The van der Waals surface area contributed by atoms with Crippen molar-refractivity contribution in [2.45, 2.75) is 25.8 Å². The van der Waals surface area contributed by atoms with Crippen LogP contribution in [0.4, 0.5) is 0 Å². The average Bonchev–Trinajstić information content (AvgIpc) is 2.37. The Morgan fingerprint density at radius 1 is 1.47 bits per heavy atom. The topological polar surface area (TPSA) is 28.2 Å². The molecule has 2 unspecified atom stereocenters. The highest BCUT2D eigenvalue weighted by Gasteiger charge is 2.30. The molecular weight excluding hydrogens is 210 g/mol. The number of nitrogens with zero attached hydrogens (tertiary/aromatic N) is 2. The number of rotatable bonds is 4. The highest BCUT2D eigenvalue weighted by molar-refractivity contribution is 5.11. The van der Waals surface area contributed by atoms with E-state index in [1.807, 2.05) is 12.3 Å². The lowest BCUT2D eigenvalue weighted by atomic mass is 9.87. The van der Waals surface area contributed by atoms with Crippen molar-refractivity contribution in [1.82, 2.24) is 15.2 Å².